The topological polar surface area (TPSA) is 72.2 Å². The summed E-state index contributed by atoms with van der Waals surface area (Å²) in [6.07, 6.45) is 3.74. The number of nitrogens with zero attached hydrogens (tertiary/aromatic N) is 1. The van der Waals surface area contributed by atoms with Crippen molar-refractivity contribution in [1.82, 2.24) is 5.32 Å². The van der Waals surface area contributed by atoms with Crippen molar-refractivity contribution in [3.63, 3.8) is 0 Å². The summed E-state index contributed by atoms with van der Waals surface area (Å²) in [4.78, 5) is 22.3. The van der Waals surface area contributed by atoms with Crippen LogP contribution in [0.1, 0.15) is 30.5 Å². The van der Waals surface area contributed by atoms with Gasteiger partial charge >= 0.3 is 0 Å². The van der Waals surface area contributed by atoms with Gasteiger partial charge in [0.05, 0.1) is 11.0 Å². The molecule has 1 N–H and O–H groups in total. The first-order chi connectivity index (χ1) is 11.1. The number of rotatable bonds is 6. The molecular formula is C18H18N2O3. The van der Waals surface area contributed by atoms with Gasteiger partial charge in [-0.25, -0.2) is 0 Å². The lowest BCUT2D eigenvalue weighted by molar-refractivity contribution is -0.384. The van der Waals surface area contributed by atoms with Gasteiger partial charge in [0.15, 0.2) is 0 Å². The molecule has 0 heterocycles. The third kappa shape index (κ3) is 4.78. The van der Waals surface area contributed by atoms with Crippen molar-refractivity contribution in [1.29, 1.82) is 0 Å². The van der Waals surface area contributed by atoms with Crippen LogP contribution in [-0.4, -0.2) is 10.8 Å². The molecule has 23 heavy (non-hydrogen) atoms. The number of hydrogen-bond acceptors (Lipinski definition) is 3. The molecule has 0 aromatic heterocycles. The second-order valence-electron chi connectivity index (χ2n) is 5.07. The maximum Gasteiger partial charge on any atom is 0.270 e. The van der Waals surface area contributed by atoms with E-state index in [9.17, 15) is 14.9 Å². The normalized spacial score (nSPS) is 12.0. The van der Waals surface area contributed by atoms with E-state index >= 15 is 0 Å². The predicted molar refractivity (Wildman–Crippen MR) is 89.7 cm³/mol. The van der Waals surface area contributed by atoms with Gasteiger partial charge in [0.2, 0.25) is 5.91 Å². The Bertz CT molecular complexity index is 711. The molecule has 0 fully saturated rings. The Morgan fingerprint density at radius 2 is 1.96 bits per heavy atom. The lowest BCUT2D eigenvalue weighted by Gasteiger charge is -2.16. The van der Waals surface area contributed by atoms with E-state index in [1.807, 2.05) is 37.3 Å². The maximum atomic E-state index is 12.0. The van der Waals surface area contributed by atoms with Crippen molar-refractivity contribution in [3.8, 4) is 0 Å². The molecule has 0 bridgehead atoms. The molecule has 0 aliphatic carbocycles. The average Bonchev–Trinajstić information content (AvgIpc) is 2.59. The number of carbonyl (C=O) groups is 1. The minimum Gasteiger partial charge on any atom is -0.346 e. The Morgan fingerprint density at radius 1 is 1.22 bits per heavy atom. The van der Waals surface area contributed by atoms with Crippen LogP contribution in [0.3, 0.4) is 0 Å². The Hall–Kier alpha value is -2.95. The zero-order valence-corrected chi connectivity index (χ0v) is 12.8. The molecule has 0 saturated heterocycles. The first-order valence-electron chi connectivity index (χ1n) is 7.38. The fourth-order valence-corrected chi connectivity index (χ4v) is 2.24. The van der Waals surface area contributed by atoms with E-state index in [1.54, 1.807) is 18.2 Å². The molecule has 0 saturated carbocycles. The second-order valence-corrected chi connectivity index (χ2v) is 5.07. The summed E-state index contributed by atoms with van der Waals surface area (Å²) in [5.74, 6) is -0.229. The molecule has 0 aliphatic heterocycles. The molecule has 0 unspecified atom stereocenters. The van der Waals surface area contributed by atoms with Crippen molar-refractivity contribution >= 4 is 17.7 Å². The van der Waals surface area contributed by atoms with Gasteiger partial charge in [-0.1, -0.05) is 49.4 Å². The highest BCUT2D eigenvalue weighted by atomic mass is 16.6. The molecule has 5 heteroatoms. The number of nitro benzene ring substituents is 1. The minimum atomic E-state index is -0.458. The Balaban J connectivity index is 2.03. The highest BCUT2D eigenvalue weighted by Crippen LogP contribution is 2.16. The van der Waals surface area contributed by atoms with Gasteiger partial charge in [0.1, 0.15) is 0 Å². The summed E-state index contributed by atoms with van der Waals surface area (Å²) < 4.78 is 0. The van der Waals surface area contributed by atoms with Crippen LogP contribution in [0.2, 0.25) is 0 Å². The van der Waals surface area contributed by atoms with Crippen molar-refractivity contribution in [3.05, 3.63) is 81.9 Å². The van der Waals surface area contributed by atoms with Crippen LogP contribution in [0, 0.1) is 10.1 Å². The van der Waals surface area contributed by atoms with E-state index < -0.39 is 4.92 Å². The smallest absolute Gasteiger partial charge is 0.270 e. The van der Waals surface area contributed by atoms with E-state index in [4.69, 9.17) is 0 Å². The second kappa shape index (κ2) is 7.89. The molecule has 5 nitrogen and oxygen atoms in total. The monoisotopic (exact) mass is 310 g/mol. The summed E-state index contributed by atoms with van der Waals surface area (Å²) in [5, 5.41) is 13.7. The summed E-state index contributed by atoms with van der Waals surface area (Å²) in [6, 6.07) is 15.8. The van der Waals surface area contributed by atoms with E-state index in [1.165, 1.54) is 18.2 Å². The van der Waals surface area contributed by atoms with Gasteiger partial charge < -0.3 is 5.32 Å². The third-order valence-electron chi connectivity index (χ3n) is 3.43. The van der Waals surface area contributed by atoms with Crippen LogP contribution < -0.4 is 5.32 Å². The van der Waals surface area contributed by atoms with Crippen LogP contribution in [0.4, 0.5) is 5.69 Å². The number of benzene rings is 2. The molecule has 0 aliphatic rings. The molecule has 2 rings (SSSR count). The fraction of sp³-hybridized carbons (Fsp3) is 0.167. The zero-order chi connectivity index (χ0) is 16.7. The van der Waals surface area contributed by atoms with Gasteiger partial charge in [-0.3, -0.25) is 14.9 Å². The summed E-state index contributed by atoms with van der Waals surface area (Å²) in [5.41, 5.74) is 1.66. The third-order valence-corrected chi connectivity index (χ3v) is 3.43. The summed E-state index contributed by atoms with van der Waals surface area (Å²) in [6.45, 7) is 2.00. The largest absolute Gasteiger partial charge is 0.346 e. The fourth-order valence-electron chi connectivity index (χ4n) is 2.24. The Labute approximate surface area is 134 Å². The number of non-ortho nitro benzene ring substituents is 1. The average molecular weight is 310 g/mol. The van der Waals surface area contributed by atoms with Gasteiger partial charge in [-0.05, 0) is 23.6 Å². The first-order valence-corrected chi connectivity index (χ1v) is 7.38. The molecule has 118 valence electrons. The van der Waals surface area contributed by atoms with Gasteiger partial charge in [-0.15, -0.1) is 0 Å². The summed E-state index contributed by atoms with van der Waals surface area (Å²) >= 11 is 0. The highest BCUT2D eigenvalue weighted by Gasteiger charge is 2.10. The molecule has 2 aromatic rings. The number of nitrogens with one attached hydrogen (secondary N) is 1. The van der Waals surface area contributed by atoms with E-state index in [0.29, 0.717) is 5.56 Å². The molecule has 0 radical (unpaired) electrons. The van der Waals surface area contributed by atoms with E-state index in [-0.39, 0.29) is 17.6 Å². The van der Waals surface area contributed by atoms with Crippen LogP contribution in [0.5, 0.6) is 0 Å². The lowest BCUT2D eigenvalue weighted by Crippen LogP contribution is -2.26. The molecular weight excluding hydrogens is 292 g/mol. The maximum absolute atomic E-state index is 12.0. The van der Waals surface area contributed by atoms with Gasteiger partial charge in [0, 0.05) is 18.2 Å². The van der Waals surface area contributed by atoms with Crippen LogP contribution in [0.25, 0.3) is 6.08 Å². The van der Waals surface area contributed by atoms with E-state index in [2.05, 4.69) is 5.32 Å². The Kier molecular flexibility index (Phi) is 5.63. The lowest BCUT2D eigenvalue weighted by atomic mass is 10.0. The molecule has 1 amide bonds. The van der Waals surface area contributed by atoms with Gasteiger partial charge in [-0.2, -0.15) is 0 Å². The zero-order valence-electron chi connectivity index (χ0n) is 12.8. The number of hydrogen-bond donors (Lipinski definition) is 1. The Morgan fingerprint density at radius 3 is 2.61 bits per heavy atom. The SMILES string of the molecule is CC[C@H](NC(=O)/C=C/c1cccc([N+](=O)[O-])c1)c1ccccc1. The first kappa shape index (κ1) is 16.4. The van der Waals surface area contributed by atoms with Crippen molar-refractivity contribution in [2.75, 3.05) is 0 Å². The van der Waals surface area contributed by atoms with Crippen LogP contribution in [0.15, 0.2) is 60.7 Å². The molecule has 1 atom stereocenters. The molecule has 2 aromatic carbocycles. The van der Waals surface area contributed by atoms with Crippen molar-refractivity contribution in [2.45, 2.75) is 19.4 Å². The standard InChI is InChI=1S/C18H18N2O3/c1-2-17(15-8-4-3-5-9-15)19-18(21)12-11-14-7-6-10-16(13-14)20(22)23/h3-13,17H,2H2,1H3,(H,19,21)/b12-11+/t17-/m0/s1. The minimum absolute atomic E-state index is 0.00304. The van der Waals surface area contributed by atoms with Crippen LogP contribution in [-0.2, 0) is 4.79 Å². The summed E-state index contributed by atoms with van der Waals surface area (Å²) in [7, 11) is 0. The number of carbonyl (C=O) groups excluding carboxylic acids is 1. The quantitative estimate of drug-likeness (QED) is 0.500. The predicted octanol–water partition coefficient (Wildman–Crippen LogP) is 3.88. The van der Waals surface area contributed by atoms with Crippen molar-refractivity contribution < 1.29 is 9.72 Å². The van der Waals surface area contributed by atoms with Crippen molar-refractivity contribution in [2.24, 2.45) is 0 Å². The number of nitro groups is 1. The van der Waals surface area contributed by atoms with Crippen LogP contribution >= 0.6 is 0 Å². The molecule has 0 spiro atoms. The van der Waals surface area contributed by atoms with Gasteiger partial charge in [0.25, 0.3) is 5.69 Å². The van der Waals surface area contributed by atoms with E-state index in [0.717, 1.165) is 12.0 Å². The highest BCUT2D eigenvalue weighted by molar-refractivity contribution is 5.92. The number of amides is 1.